The van der Waals surface area contributed by atoms with Gasteiger partial charge in [-0.15, -0.1) is 0 Å². The van der Waals surface area contributed by atoms with Crippen LogP contribution in [0.4, 0.5) is 24.5 Å². The van der Waals surface area contributed by atoms with E-state index in [1.165, 1.54) is 24.5 Å². The fourth-order valence-electron chi connectivity index (χ4n) is 2.89. The van der Waals surface area contributed by atoms with Gasteiger partial charge in [0.05, 0.1) is 28.0 Å². The molecule has 0 unspecified atom stereocenters. The van der Waals surface area contributed by atoms with Gasteiger partial charge in [-0.05, 0) is 43.5 Å². The average Bonchev–Trinajstić information content (AvgIpc) is 2.63. The molecule has 2 heterocycles. The molecule has 0 radical (unpaired) electrons. The van der Waals surface area contributed by atoms with Crippen LogP contribution < -0.4 is 5.32 Å². The number of piperidine rings is 1. The molecule has 3 rings (SSSR count). The lowest BCUT2D eigenvalue weighted by atomic mass is 10.1. The van der Waals surface area contributed by atoms with Crippen molar-refractivity contribution in [2.24, 2.45) is 0 Å². The zero-order valence-electron chi connectivity index (χ0n) is 13.8. The highest BCUT2D eigenvalue weighted by atomic mass is 35.5. The van der Waals surface area contributed by atoms with Crippen molar-refractivity contribution in [3.63, 3.8) is 0 Å². The van der Waals surface area contributed by atoms with Gasteiger partial charge in [-0.25, -0.2) is 0 Å². The second-order valence-electron chi connectivity index (χ2n) is 6.13. The van der Waals surface area contributed by atoms with E-state index in [1.807, 2.05) is 0 Å². The SMILES string of the molecule is O=C(c1cncc(Nc2ccc(Cl)c(C(F)(F)F)c2)c1)N1CCCCC1. The molecule has 138 valence electrons. The molecule has 26 heavy (non-hydrogen) atoms. The van der Waals surface area contributed by atoms with E-state index in [2.05, 4.69) is 10.3 Å². The number of rotatable bonds is 3. The molecular formula is C18H17ClF3N3O. The van der Waals surface area contributed by atoms with Gasteiger partial charge in [0.25, 0.3) is 5.91 Å². The number of amides is 1. The van der Waals surface area contributed by atoms with Crippen molar-refractivity contribution in [3.8, 4) is 0 Å². The lowest BCUT2D eigenvalue weighted by Crippen LogP contribution is -2.35. The fraction of sp³-hybridized carbons (Fsp3) is 0.333. The van der Waals surface area contributed by atoms with Crippen LogP contribution in [0.1, 0.15) is 35.2 Å². The minimum absolute atomic E-state index is 0.118. The number of hydrogen-bond acceptors (Lipinski definition) is 3. The molecule has 1 aromatic heterocycles. The van der Waals surface area contributed by atoms with E-state index in [-0.39, 0.29) is 16.6 Å². The predicted octanol–water partition coefficient (Wildman–Crippen LogP) is 5.12. The maximum Gasteiger partial charge on any atom is 0.417 e. The highest BCUT2D eigenvalue weighted by Gasteiger charge is 2.33. The van der Waals surface area contributed by atoms with Crippen molar-refractivity contribution in [3.05, 3.63) is 52.8 Å². The van der Waals surface area contributed by atoms with Gasteiger partial charge < -0.3 is 10.2 Å². The molecular weight excluding hydrogens is 367 g/mol. The Bertz CT molecular complexity index is 805. The molecule has 1 amide bonds. The summed E-state index contributed by atoms with van der Waals surface area (Å²) in [5, 5.41) is 2.48. The van der Waals surface area contributed by atoms with Crippen LogP contribution in [0.2, 0.25) is 5.02 Å². The third-order valence-electron chi connectivity index (χ3n) is 4.19. The average molecular weight is 384 g/mol. The summed E-state index contributed by atoms with van der Waals surface area (Å²) in [6.45, 7) is 1.42. The topological polar surface area (TPSA) is 45.2 Å². The molecule has 1 N–H and O–H groups in total. The van der Waals surface area contributed by atoms with Gasteiger partial charge in [-0.2, -0.15) is 13.2 Å². The van der Waals surface area contributed by atoms with Crippen molar-refractivity contribution < 1.29 is 18.0 Å². The van der Waals surface area contributed by atoms with Crippen LogP contribution in [-0.4, -0.2) is 28.9 Å². The Kier molecular flexibility index (Phi) is 5.36. The first-order chi connectivity index (χ1) is 12.3. The monoisotopic (exact) mass is 383 g/mol. The molecule has 1 saturated heterocycles. The van der Waals surface area contributed by atoms with Crippen molar-refractivity contribution in [2.45, 2.75) is 25.4 Å². The summed E-state index contributed by atoms with van der Waals surface area (Å²) in [5.74, 6) is -0.118. The highest BCUT2D eigenvalue weighted by Crippen LogP contribution is 2.36. The molecule has 4 nitrogen and oxygen atoms in total. The summed E-state index contributed by atoms with van der Waals surface area (Å²) in [6.07, 6.45) is 1.44. The van der Waals surface area contributed by atoms with E-state index >= 15 is 0 Å². The number of halogens is 4. The van der Waals surface area contributed by atoms with Crippen LogP contribution in [0, 0.1) is 0 Å². The zero-order valence-corrected chi connectivity index (χ0v) is 14.6. The summed E-state index contributed by atoms with van der Waals surface area (Å²) in [6, 6.07) is 5.15. The largest absolute Gasteiger partial charge is 0.417 e. The van der Waals surface area contributed by atoms with Gasteiger partial charge in [-0.3, -0.25) is 9.78 Å². The predicted molar refractivity (Wildman–Crippen MR) is 93.7 cm³/mol. The molecule has 0 atom stereocenters. The smallest absolute Gasteiger partial charge is 0.354 e. The zero-order chi connectivity index (χ0) is 18.7. The number of anilines is 2. The molecule has 0 bridgehead atoms. The first-order valence-electron chi connectivity index (χ1n) is 8.23. The van der Waals surface area contributed by atoms with E-state index in [0.29, 0.717) is 24.3 Å². The lowest BCUT2D eigenvalue weighted by molar-refractivity contribution is -0.137. The molecule has 1 aromatic carbocycles. The second-order valence-corrected chi connectivity index (χ2v) is 6.54. The van der Waals surface area contributed by atoms with Crippen LogP contribution in [0.25, 0.3) is 0 Å². The van der Waals surface area contributed by atoms with E-state index in [0.717, 1.165) is 25.3 Å². The molecule has 0 spiro atoms. The van der Waals surface area contributed by atoms with Crippen LogP contribution in [0.3, 0.4) is 0 Å². The van der Waals surface area contributed by atoms with E-state index < -0.39 is 11.7 Å². The summed E-state index contributed by atoms with van der Waals surface area (Å²) < 4.78 is 38.9. The van der Waals surface area contributed by atoms with Crippen molar-refractivity contribution in [2.75, 3.05) is 18.4 Å². The number of likely N-dealkylation sites (tertiary alicyclic amines) is 1. The number of pyridine rings is 1. The van der Waals surface area contributed by atoms with Gasteiger partial charge in [-0.1, -0.05) is 11.6 Å². The number of alkyl halides is 3. The van der Waals surface area contributed by atoms with Crippen LogP contribution in [-0.2, 0) is 6.18 Å². The van der Waals surface area contributed by atoms with Gasteiger partial charge in [0.1, 0.15) is 0 Å². The van der Waals surface area contributed by atoms with E-state index in [4.69, 9.17) is 11.6 Å². The number of carbonyl (C=O) groups is 1. The Morgan fingerprint density at radius 1 is 1.08 bits per heavy atom. The third-order valence-corrected chi connectivity index (χ3v) is 4.52. The van der Waals surface area contributed by atoms with Gasteiger partial charge in [0.15, 0.2) is 0 Å². The number of hydrogen-bond donors (Lipinski definition) is 1. The Morgan fingerprint density at radius 2 is 1.81 bits per heavy atom. The third kappa shape index (κ3) is 4.27. The molecule has 0 aliphatic carbocycles. The molecule has 1 aliphatic rings. The maximum absolute atomic E-state index is 13.0. The standard InChI is InChI=1S/C18H17ClF3N3O/c19-16-5-4-13(9-15(16)18(20,21)22)24-14-8-12(10-23-11-14)17(26)25-6-2-1-3-7-25/h4-5,8-11,24H,1-3,6-7H2. The quantitative estimate of drug-likeness (QED) is 0.799. The number of carbonyl (C=O) groups excluding carboxylic acids is 1. The van der Waals surface area contributed by atoms with Crippen molar-refractivity contribution >= 4 is 28.9 Å². The van der Waals surface area contributed by atoms with Gasteiger partial charge in [0.2, 0.25) is 0 Å². The van der Waals surface area contributed by atoms with Crippen LogP contribution >= 0.6 is 11.6 Å². The van der Waals surface area contributed by atoms with Crippen molar-refractivity contribution in [1.82, 2.24) is 9.88 Å². The molecule has 1 aliphatic heterocycles. The second kappa shape index (κ2) is 7.53. The minimum Gasteiger partial charge on any atom is -0.354 e. The summed E-state index contributed by atoms with van der Waals surface area (Å²) in [4.78, 5) is 18.3. The lowest BCUT2D eigenvalue weighted by Gasteiger charge is -2.26. The number of benzene rings is 1. The fourth-order valence-corrected chi connectivity index (χ4v) is 3.12. The highest BCUT2D eigenvalue weighted by molar-refractivity contribution is 6.31. The molecule has 0 saturated carbocycles. The first kappa shape index (κ1) is 18.5. The Balaban J connectivity index is 1.80. The molecule has 2 aromatic rings. The minimum atomic E-state index is -4.54. The summed E-state index contributed by atoms with van der Waals surface area (Å²) in [5.41, 5.74) is 0.133. The number of nitrogens with zero attached hydrogens (tertiary/aromatic N) is 2. The molecule has 8 heteroatoms. The molecule has 1 fully saturated rings. The Morgan fingerprint density at radius 3 is 2.50 bits per heavy atom. The van der Waals surface area contributed by atoms with Crippen LogP contribution in [0.15, 0.2) is 36.7 Å². The van der Waals surface area contributed by atoms with E-state index in [9.17, 15) is 18.0 Å². The van der Waals surface area contributed by atoms with Gasteiger partial charge in [0, 0.05) is 25.0 Å². The maximum atomic E-state index is 13.0. The summed E-state index contributed by atoms with van der Waals surface area (Å²) >= 11 is 5.63. The van der Waals surface area contributed by atoms with Crippen LogP contribution in [0.5, 0.6) is 0 Å². The van der Waals surface area contributed by atoms with Crippen molar-refractivity contribution in [1.29, 1.82) is 0 Å². The Labute approximate surface area is 154 Å². The Hall–Kier alpha value is -2.28. The number of nitrogens with one attached hydrogen (secondary N) is 1. The normalized spacial score (nSPS) is 15.0. The number of aromatic nitrogens is 1. The summed E-state index contributed by atoms with van der Waals surface area (Å²) in [7, 11) is 0. The van der Waals surface area contributed by atoms with E-state index in [1.54, 1.807) is 11.0 Å². The first-order valence-corrected chi connectivity index (χ1v) is 8.60. The van der Waals surface area contributed by atoms with Gasteiger partial charge >= 0.3 is 6.18 Å².